The van der Waals surface area contributed by atoms with Crippen molar-refractivity contribution >= 4 is 23.5 Å². The fourth-order valence-electron chi connectivity index (χ4n) is 3.17. The Bertz CT molecular complexity index is 959. The van der Waals surface area contributed by atoms with Gasteiger partial charge in [-0.1, -0.05) is 56.3 Å². The minimum Gasteiger partial charge on any atom is -0.457 e. The lowest BCUT2D eigenvalue weighted by molar-refractivity contribution is -0.0328. The summed E-state index contributed by atoms with van der Waals surface area (Å²) in [4.78, 5) is 0.220. The monoisotopic (exact) mass is 462 g/mol. The Labute approximate surface area is 190 Å². The number of thioether (sulfide) groups is 2. The molecule has 0 fully saturated rings. The molecular weight excluding hydrogens is 437 g/mol. The normalized spacial score (nSPS) is 13.6. The van der Waals surface area contributed by atoms with Crippen LogP contribution in [0.25, 0.3) is 0 Å². The van der Waals surface area contributed by atoms with Crippen molar-refractivity contribution in [3.63, 3.8) is 0 Å². The van der Waals surface area contributed by atoms with E-state index in [1.165, 1.54) is 5.56 Å². The number of alkyl halides is 3. The van der Waals surface area contributed by atoms with Gasteiger partial charge in [0.25, 0.3) is 0 Å². The van der Waals surface area contributed by atoms with Crippen molar-refractivity contribution in [2.24, 2.45) is 0 Å². The molecule has 31 heavy (non-hydrogen) atoms. The lowest BCUT2D eigenvalue weighted by Gasteiger charge is -2.29. The molecule has 164 valence electrons. The zero-order chi connectivity index (χ0) is 22.3. The molecular formula is C25H25F3OS2. The SMILES string of the molecule is CCC(C)(CSCc1cccc(Oc2ccccc2)c1)c1ccc(SC(F)(F)F)cc1. The average molecular weight is 463 g/mol. The van der Waals surface area contributed by atoms with Gasteiger partial charge in [-0.05, 0) is 65.7 Å². The summed E-state index contributed by atoms with van der Waals surface area (Å²) in [5.74, 6) is 3.32. The predicted molar refractivity (Wildman–Crippen MR) is 125 cm³/mol. The Kier molecular flexibility index (Phi) is 8.00. The van der Waals surface area contributed by atoms with Crippen LogP contribution in [0.5, 0.6) is 11.5 Å². The van der Waals surface area contributed by atoms with Crippen LogP contribution in [0, 0.1) is 0 Å². The summed E-state index contributed by atoms with van der Waals surface area (Å²) in [6.07, 6.45) is 0.906. The number of hydrogen-bond donors (Lipinski definition) is 0. The third kappa shape index (κ3) is 7.25. The fraction of sp³-hybridized carbons (Fsp3) is 0.280. The van der Waals surface area contributed by atoms with E-state index in [1.807, 2.05) is 72.4 Å². The van der Waals surface area contributed by atoms with Gasteiger partial charge in [0, 0.05) is 21.8 Å². The van der Waals surface area contributed by atoms with Gasteiger partial charge < -0.3 is 4.74 Å². The Morgan fingerprint density at radius 1 is 0.839 bits per heavy atom. The number of ether oxygens (including phenoxy) is 1. The predicted octanol–water partition coefficient (Wildman–Crippen LogP) is 8.69. The smallest absolute Gasteiger partial charge is 0.446 e. The molecule has 0 saturated heterocycles. The molecule has 0 saturated carbocycles. The molecule has 0 radical (unpaired) electrons. The maximum absolute atomic E-state index is 12.6. The van der Waals surface area contributed by atoms with Crippen molar-refractivity contribution in [2.75, 3.05) is 5.75 Å². The molecule has 0 amide bonds. The molecule has 0 heterocycles. The molecule has 3 aromatic rings. The summed E-state index contributed by atoms with van der Waals surface area (Å²) in [5, 5.41) is 0. The minimum absolute atomic E-state index is 0.0725. The van der Waals surface area contributed by atoms with E-state index in [-0.39, 0.29) is 22.1 Å². The Morgan fingerprint density at radius 3 is 2.16 bits per heavy atom. The zero-order valence-corrected chi connectivity index (χ0v) is 19.1. The number of rotatable bonds is 9. The highest BCUT2D eigenvalue weighted by atomic mass is 32.2. The topological polar surface area (TPSA) is 9.23 Å². The van der Waals surface area contributed by atoms with Crippen molar-refractivity contribution < 1.29 is 17.9 Å². The maximum Gasteiger partial charge on any atom is 0.446 e. The molecule has 0 aliphatic carbocycles. The summed E-state index contributed by atoms with van der Waals surface area (Å²) in [5.41, 5.74) is -2.13. The van der Waals surface area contributed by atoms with Gasteiger partial charge in [-0.3, -0.25) is 0 Å². The van der Waals surface area contributed by atoms with E-state index in [1.54, 1.807) is 12.1 Å². The van der Waals surface area contributed by atoms with Crippen molar-refractivity contribution in [3.05, 3.63) is 90.0 Å². The van der Waals surface area contributed by atoms with E-state index < -0.39 is 5.51 Å². The summed E-state index contributed by atoms with van der Waals surface area (Å²) < 4.78 is 43.6. The average Bonchev–Trinajstić information content (AvgIpc) is 2.74. The van der Waals surface area contributed by atoms with Crippen LogP contribution in [-0.2, 0) is 11.2 Å². The van der Waals surface area contributed by atoms with Gasteiger partial charge in [-0.25, -0.2) is 0 Å². The quantitative estimate of drug-likeness (QED) is 0.294. The molecule has 1 unspecified atom stereocenters. The van der Waals surface area contributed by atoms with Crippen LogP contribution >= 0.6 is 23.5 Å². The maximum atomic E-state index is 12.6. The minimum atomic E-state index is -4.26. The molecule has 1 atom stereocenters. The number of hydrogen-bond acceptors (Lipinski definition) is 3. The van der Waals surface area contributed by atoms with Crippen LogP contribution in [0.3, 0.4) is 0 Å². The Hall–Kier alpha value is -2.05. The molecule has 0 bridgehead atoms. The third-order valence-corrected chi connectivity index (χ3v) is 7.25. The number of para-hydroxylation sites is 1. The number of halogens is 3. The molecule has 0 aliphatic heterocycles. The standard InChI is InChI=1S/C25H25F3OS2/c1-3-24(2,20-12-14-23(15-13-20)31-25(26,27)28)18-30-17-19-8-7-11-22(16-19)29-21-9-5-4-6-10-21/h4-16H,3,17-18H2,1-2H3. The van der Waals surface area contributed by atoms with Crippen LogP contribution in [-0.4, -0.2) is 11.3 Å². The Morgan fingerprint density at radius 2 is 1.52 bits per heavy atom. The van der Waals surface area contributed by atoms with Crippen molar-refractivity contribution in [3.8, 4) is 11.5 Å². The highest BCUT2D eigenvalue weighted by Crippen LogP contribution is 2.39. The molecule has 0 aromatic heterocycles. The van der Waals surface area contributed by atoms with Crippen LogP contribution in [0.15, 0.2) is 83.8 Å². The van der Waals surface area contributed by atoms with Gasteiger partial charge in [0.1, 0.15) is 11.5 Å². The second kappa shape index (κ2) is 10.5. The summed E-state index contributed by atoms with van der Waals surface area (Å²) in [7, 11) is 0. The van der Waals surface area contributed by atoms with Gasteiger partial charge in [0.2, 0.25) is 0 Å². The highest BCUT2D eigenvalue weighted by Gasteiger charge is 2.30. The van der Waals surface area contributed by atoms with Gasteiger partial charge in [-0.15, -0.1) is 0 Å². The second-order valence-corrected chi connectivity index (χ2v) is 9.67. The molecule has 0 spiro atoms. The zero-order valence-electron chi connectivity index (χ0n) is 17.5. The van der Waals surface area contributed by atoms with E-state index in [0.29, 0.717) is 0 Å². The van der Waals surface area contributed by atoms with E-state index in [9.17, 15) is 13.2 Å². The van der Waals surface area contributed by atoms with Crippen LogP contribution in [0.1, 0.15) is 31.4 Å². The summed E-state index contributed by atoms with van der Waals surface area (Å²) in [6, 6.07) is 24.5. The van der Waals surface area contributed by atoms with Crippen molar-refractivity contribution in [1.82, 2.24) is 0 Å². The van der Waals surface area contributed by atoms with E-state index in [0.717, 1.165) is 35.0 Å². The lowest BCUT2D eigenvalue weighted by atomic mass is 9.82. The molecule has 3 aromatic carbocycles. The fourth-order valence-corrected chi connectivity index (χ4v) is 5.04. The molecule has 0 aliphatic rings. The van der Waals surface area contributed by atoms with Crippen LogP contribution in [0.2, 0.25) is 0 Å². The first-order valence-electron chi connectivity index (χ1n) is 10.0. The van der Waals surface area contributed by atoms with Crippen molar-refractivity contribution in [1.29, 1.82) is 0 Å². The van der Waals surface area contributed by atoms with Gasteiger partial charge in [-0.2, -0.15) is 24.9 Å². The lowest BCUT2D eigenvalue weighted by Crippen LogP contribution is -2.24. The first-order valence-corrected chi connectivity index (χ1v) is 12.0. The van der Waals surface area contributed by atoms with Crippen molar-refractivity contribution in [2.45, 2.75) is 41.8 Å². The van der Waals surface area contributed by atoms with Gasteiger partial charge >= 0.3 is 5.51 Å². The van der Waals surface area contributed by atoms with Crippen LogP contribution < -0.4 is 4.74 Å². The largest absolute Gasteiger partial charge is 0.457 e. The number of benzene rings is 3. The van der Waals surface area contributed by atoms with Gasteiger partial charge in [0.05, 0.1) is 0 Å². The van der Waals surface area contributed by atoms with Gasteiger partial charge in [0.15, 0.2) is 0 Å². The first kappa shape index (κ1) is 23.6. The Balaban J connectivity index is 1.59. The molecule has 6 heteroatoms. The molecule has 1 nitrogen and oxygen atoms in total. The van der Waals surface area contributed by atoms with E-state index in [4.69, 9.17) is 4.74 Å². The molecule has 3 rings (SSSR count). The van der Waals surface area contributed by atoms with Crippen LogP contribution in [0.4, 0.5) is 13.2 Å². The van der Waals surface area contributed by atoms with E-state index >= 15 is 0 Å². The second-order valence-electron chi connectivity index (χ2n) is 7.54. The highest BCUT2D eigenvalue weighted by molar-refractivity contribution is 8.00. The summed E-state index contributed by atoms with van der Waals surface area (Å²) >= 11 is 1.75. The molecule has 0 N–H and O–H groups in total. The third-order valence-electron chi connectivity index (χ3n) is 5.13. The summed E-state index contributed by atoms with van der Waals surface area (Å²) in [6.45, 7) is 4.29. The first-order chi connectivity index (χ1) is 14.8. The van der Waals surface area contributed by atoms with E-state index in [2.05, 4.69) is 19.9 Å².